The van der Waals surface area contributed by atoms with Gasteiger partial charge in [0.05, 0.1) is 29.9 Å². The third kappa shape index (κ3) is 4.39. The summed E-state index contributed by atoms with van der Waals surface area (Å²) in [5, 5.41) is 5.32. The van der Waals surface area contributed by atoms with Crippen LogP contribution in [-0.4, -0.2) is 36.9 Å². The Morgan fingerprint density at radius 3 is 2.46 bits per heavy atom. The van der Waals surface area contributed by atoms with Gasteiger partial charge in [-0.25, -0.2) is 13.6 Å². The number of hydrogen-bond donors (Lipinski definition) is 0. The fourth-order valence-corrected chi connectivity index (χ4v) is 6.26. The maximum Gasteiger partial charge on any atom is 0.343 e. The fourth-order valence-electron chi connectivity index (χ4n) is 5.69. The van der Waals surface area contributed by atoms with E-state index in [2.05, 4.69) is 9.89 Å². The number of anilines is 1. The molecule has 1 saturated heterocycles. The highest BCUT2D eigenvalue weighted by Gasteiger charge is 2.46. The highest BCUT2D eigenvalue weighted by molar-refractivity contribution is 6.39. The number of nitrogens with zero attached hydrogens (tertiary/aromatic N) is 2. The van der Waals surface area contributed by atoms with E-state index < -0.39 is 23.2 Å². The van der Waals surface area contributed by atoms with Crippen molar-refractivity contribution in [1.29, 1.82) is 0 Å². The minimum absolute atomic E-state index is 0.0122. The van der Waals surface area contributed by atoms with E-state index in [0.29, 0.717) is 46.1 Å². The molecule has 2 aliphatic carbocycles. The first-order chi connectivity index (χ1) is 17.9. The van der Waals surface area contributed by atoms with Gasteiger partial charge in [-0.05, 0) is 49.9 Å². The summed E-state index contributed by atoms with van der Waals surface area (Å²) in [5.41, 5.74) is 1.86. The third-order valence-corrected chi connectivity index (χ3v) is 8.26. The first kappa shape index (κ1) is 24.6. The zero-order valence-electron chi connectivity index (χ0n) is 20.0. The van der Waals surface area contributed by atoms with Crippen molar-refractivity contribution in [1.82, 2.24) is 5.16 Å². The Bertz CT molecular complexity index is 1330. The molecule has 3 fully saturated rings. The van der Waals surface area contributed by atoms with Crippen LogP contribution in [0.4, 0.5) is 14.5 Å². The van der Waals surface area contributed by atoms with Gasteiger partial charge in [-0.3, -0.25) is 0 Å². The topological polar surface area (TPSA) is 64.8 Å². The van der Waals surface area contributed by atoms with Crippen molar-refractivity contribution in [3.05, 3.63) is 68.9 Å². The molecule has 1 aliphatic heterocycles. The van der Waals surface area contributed by atoms with Gasteiger partial charge in [0.25, 0.3) is 0 Å². The average Bonchev–Trinajstić information content (AvgIpc) is 3.32. The van der Waals surface area contributed by atoms with Crippen molar-refractivity contribution in [3.63, 3.8) is 0 Å². The molecule has 6 nitrogen and oxygen atoms in total. The van der Waals surface area contributed by atoms with E-state index in [4.69, 9.17) is 32.5 Å². The molecule has 0 N–H and O–H groups in total. The molecule has 0 amide bonds. The Balaban J connectivity index is 1.18. The highest BCUT2D eigenvalue weighted by atomic mass is 35.5. The second-order valence-electron chi connectivity index (χ2n) is 9.91. The molecular weight excluding hydrogens is 525 g/mol. The van der Waals surface area contributed by atoms with Gasteiger partial charge in [0, 0.05) is 41.2 Å². The van der Waals surface area contributed by atoms with Crippen LogP contribution in [0.5, 0.6) is 0 Å². The smallest absolute Gasteiger partial charge is 0.343 e. The van der Waals surface area contributed by atoms with E-state index in [1.54, 1.807) is 18.2 Å². The lowest BCUT2D eigenvalue weighted by Gasteiger charge is -2.33. The summed E-state index contributed by atoms with van der Waals surface area (Å²) in [5.74, 6) is -1.53. The largest absolute Gasteiger partial charge is 0.465 e. The Morgan fingerprint density at radius 1 is 1.16 bits per heavy atom. The number of ether oxygens (including phenoxy) is 2. The lowest BCUT2D eigenvalue weighted by Crippen LogP contribution is -2.38. The van der Waals surface area contributed by atoms with E-state index >= 15 is 0 Å². The molecule has 1 aromatic heterocycles. The Hall–Kier alpha value is -2.68. The molecule has 6 rings (SSSR count). The first-order valence-electron chi connectivity index (χ1n) is 12.2. The molecule has 10 heteroatoms. The normalized spacial score (nSPS) is 22.6. The second-order valence-corrected chi connectivity index (χ2v) is 10.7. The van der Waals surface area contributed by atoms with Gasteiger partial charge < -0.3 is 18.9 Å². The van der Waals surface area contributed by atoms with Crippen molar-refractivity contribution in [2.45, 2.75) is 50.4 Å². The maximum atomic E-state index is 14.5. The summed E-state index contributed by atoms with van der Waals surface area (Å²) in [6, 6.07) is 7.81. The van der Waals surface area contributed by atoms with Crippen LogP contribution in [0.3, 0.4) is 0 Å². The quantitative estimate of drug-likeness (QED) is 0.303. The van der Waals surface area contributed by atoms with Gasteiger partial charge in [0.15, 0.2) is 0 Å². The summed E-state index contributed by atoms with van der Waals surface area (Å²) >= 11 is 12.9. The maximum absolute atomic E-state index is 14.5. The molecule has 194 valence electrons. The first-order valence-corrected chi connectivity index (χ1v) is 13.0. The van der Waals surface area contributed by atoms with Crippen molar-refractivity contribution < 1.29 is 27.6 Å². The van der Waals surface area contributed by atoms with E-state index in [-0.39, 0.29) is 18.1 Å². The zero-order valence-corrected chi connectivity index (χ0v) is 21.5. The zero-order chi connectivity index (χ0) is 25.8. The standard InChI is InChI=1S/C27H24Cl2F2N2O4/c1-35-27(34)24-20(30)8-16(9-21(24)31)33-11-14-7-15(33)10-22(14)36-12-17-25(32-37-26(17)13-5-6-13)23-18(28)3-2-4-19(23)29/h2-4,8-9,13-15,22H,5-7,10-12H2,1H3/t14-,15-,22+/m0/s1. The Kier molecular flexibility index (Phi) is 6.37. The molecule has 2 aromatic carbocycles. The molecule has 37 heavy (non-hydrogen) atoms. The number of hydrogen-bond acceptors (Lipinski definition) is 6. The van der Waals surface area contributed by atoms with Crippen LogP contribution in [0.1, 0.15) is 53.3 Å². The van der Waals surface area contributed by atoms with Crippen LogP contribution in [0.2, 0.25) is 10.0 Å². The van der Waals surface area contributed by atoms with Crippen LogP contribution < -0.4 is 4.90 Å². The van der Waals surface area contributed by atoms with Gasteiger partial charge in [-0.15, -0.1) is 0 Å². The number of carbonyl (C=O) groups excluding carboxylic acids is 1. The summed E-state index contributed by atoms with van der Waals surface area (Å²) in [7, 11) is 1.09. The van der Waals surface area contributed by atoms with Gasteiger partial charge >= 0.3 is 5.97 Å². The minimum atomic E-state index is -1.03. The van der Waals surface area contributed by atoms with Gasteiger partial charge in [0.1, 0.15) is 28.7 Å². The van der Waals surface area contributed by atoms with Crippen LogP contribution >= 0.6 is 23.2 Å². The van der Waals surface area contributed by atoms with E-state index in [9.17, 15) is 13.6 Å². The predicted octanol–water partition coefficient (Wildman–Crippen LogP) is 6.77. The number of carbonyl (C=O) groups is 1. The van der Waals surface area contributed by atoms with Crippen LogP contribution in [0, 0.1) is 17.6 Å². The molecule has 2 bridgehead atoms. The molecular formula is C27H24Cl2F2N2O4. The van der Waals surface area contributed by atoms with Gasteiger partial charge in [0.2, 0.25) is 0 Å². The second kappa shape index (κ2) is 9.57. The Morgan fingerprint density at radius 2 is 1.86 bits per heavy atom. The lowest BCUT2D eigenvalue weighted by molar-refractivity contribution is 0.0122. The van der Waals surface area contributed by atoms with Gasteiger partial charge in [-0.1, -0.05) is 34.4 Å². The van der Waals surface area contributed by atoms with Gasteiger partial charge in [-0.2, -0.15) is 0 Å². The molecule has 0 spiro atoms. The lowest BCUT2D eigenvalue weighted by atomic mass is 10.0. The van der Waals surface area contributed by atoms with Crippen LogP contribution in [0.15, 0.2) is 34.9 Å². The molecule has 0 unspecified atom stereocenters. The molecule has 3 aliphatic rings. The summed E-state index contributed by atoms with van der Waals surface area (Å²) in [6.45, 7) is 0.922. The van der Waals surface area contributed by atoms with E-state index in [1.807, 2.05) is 4.90 Å². The molecule has 0 radical (unpaired) electrons. The number of halogens is 4. The highest BCUT2D eigenvalue weighted by Crippen LogP contribution is 2.47. The van der Waals surface area contributed by atoms with E-state index in [0.717, 1.165) is 44.1 Å². The molecule has 2 heterocycles. The number of esters is 1. The van der Waals surface area contributed by atoms with Crippen molar-refractivity contribution in [3.8, 4) is 11.3 Å². The SMILES string of the molecule is COC(=O)c1c(F)cc(N2C[C@@H]3C[C@H]2C[C@H]3OCc2c(-c3c(Cl)cccc3Cl)noc2C2CC2)cc1F. The van der Waals surface area contributed by atoms with Crippen molar-refractivity contribution in [2.24, 2.45) is 5.92 Å². The predicted molar refractivity (Wildman–Crippen MR) is 134 cm³/mol. The Labute approximate surface area is 222 Å². The van der Waals surface area contributed by atoms with Crippen LogP contribution in [0.25, 0.3) is 11.3 Å². The summed E-state index contributed by atoms with van der Waals surface area (Å²) in [6.07, 6.45) is 3.65. The monoisotopic (exact) mass is 548 g/mol. The van der Waals surface area contributed by atoms with Crippen molar-refractivity contribution >= 4 is 34.9 Å². The molecule has 2 saturated carbocycles. The van der Waals surface area contributed by atoms with E-state index in [1.165, 1.54) is 12.1 Å². The fraction of sp³-hybridized carbons (Fsp3) is 0.407. The van der Waals surface area contributed by atoms with Crippen LogP contribution in [-0.2, 0) is 16.1 Å². The number of aromatic nitrogens is 1. The molecule has 3 aromatic rings. The van der Waals surface area contributed by atoms with Crippen molar-refractivity contribution in [2.75, 3.05) is 18.6 Å². The summed E-state index contributed by atoms with van der Waals surface area (Å²) in [4.78, 5) is 13.7. The molecule has 3 atom stereocenters. The third-order valence-electron chi connectivity index (χ3n) is 7.63. The number of fused-ring (bicyclic) bond motifs is 2. The average molecular weight is 549 g/mol. The number of benzene rings is 2. The number of piperidine rings is 1. The number of methoxy groups -OCH3 is 1. The summed E-state index contributed by atoms with van der Waals surface area (Å²) < 4.78 is 45.7. The minimum Gasteiger partial charge on any atom is -0.465 e. The number of rotatable bonds is 7.